The molecular formula is C16H14Cl4O2S. The van der Waals surface area contributed by atoms with Gasteiger partial charge in [0.05, 0.1) is 11.5 Å². The monoisotopic (exact) mass is 410 g/mol. The van der Waals surface area contributed by atoms with E-state index in [1.807, 2.05) is 0 Å². The lowest BCUT2D eigenvalue weighted by Gasteiger charge is -2.09. The van der Waals surface area contributed by atoms with E-state index >= 15 is 0 Å². The van der Waals surface area contributed by atoms with Crippen molar-refractivity contribution in [2.75, 3.05) is 11.5 Å². The van der Waals surface area contributed by atoms with Crippen LogP contribution in [0.4, 0.5) is 0 Å². The van der Waals surface area contributed by atoms with Crippen molar-refractivity contribution < 1.29 is 8.42 Å². The van der Waals surface area contributed by atoms with Crippen molar-refractivity contribution in [3.8, 4) is 0 Å². The summed E-state index contributed by atoms with van der Waals surface area (Å²) in [5.41, 5.74) is 1.30. The van der Waals surface area contributed by atoms with Crippen LogP contribution < -0.4 is 0 Å². The van der Waals surface area contributed by atoms with Gasteiger partial charge in [0.25, 0.3) is 0 Å². The van der Waals surface area contributed by atoms with Gasteiger partial charge in [0.2, 0.25) is 0 Å². The maximum absolute atomic E-state index is 12.3. The Morgan fingerprint density at radius 2 is 0.957 bits per heavy atom. The number of halogens is 4. The van der Waals surface area contributed by atoms with E-state index in [0.29, 0.717) is 31.2 Å². The van der Waals surface area contributed by atoms with Gasteiger partial charge < -0.3 is 0 Å². The normalized spacial score (nSPS) is 11.7. The predicted molar refractivity (Wildman–Crippen MR) is 99.0 cm³/mol. The Morgan fingerprint density at radius 3 is 1.26 bits per heavy atom. The van der Waals surface area contributed by atoms with Gasteiger partial charge in [-0.25, -0.2) is 8.42 Å². The standard InChI is InChI=1S/C16H14Cl4O2S/c17-13-3-1-4-14(18)11(13)7-9-23(21,22)10-8-12-15(19)5-2-6-16(12)20/h1-6H,7-10H2. The maximum atomic E-state index is 12.3. The molecule has 0 spiro atoms. The molecule has 0 amide bonds. The average molecular weight is 412 g/mol. The van der Waals surface area contributed by atoms with Gasteiger partial charge in [0, 0.05) is 20.1 Å². The van der Waals surface area contributed by atoms with Crippen LogP contribution in [0, 0.1) is 0 Å². The summed E-state index contributed by atoms with van der Waals surface area (Å²) in [5, 5.41) is 1.90. The third-order valence-corrected chi connectivity index (χ3v) is 6.52. The molecule has 0 radical (unpaired) electrons. The molecular weight excluding hydrogens is 398 g/mol. The summed E-state index contributed by atoms with van der Waals surface area (Å²) in [6, 6.07) is 10.2. The molecule has 124 valence electrons. The predicted octanol–water partition coefficient (Wildman–Crippen LogP) is 5.50. The van der Waals surface area contributed by atoms with E-state index in [9.17, 15) is 8.42 Å². The zero-order valence-corrected chi connectivity index (χ0v) is 15.9. The lowest BCUT2D eigenvalue weighted by atomic mass is 10.2. The van der Waals surface area contributed by atoms with E-state index in [1.165, 1.54) is 0 Å². The fourth-order valence-corrected chi connectivity index (χ4v) is 4.57. The first-order chi connectivity index (χ1) is 10.8. The first kappa shape index (κ1) is 18.9. The Balaban J connectivity index is 2.03. The lowest BCUT2D eigenvalue weighted by Crippen LogP contribution is -2.15. The summed E-state index contributed by atoms with van der Waals surface area (Å²) < 4.78 is 24.5. The quantitative estimate of drug-likeness (QED) is 0.628. The van der Waals surface area contributed by atoms with Crippen LogP contribution in [-0.2, 0) is 22.7 Å². The minimum atomic E-state index is -3.28. The number of sulfone groups is 1. The summed E-state index contributed by atoms with van der Waals surface area (Å²) in [6.45, 7) is 0. The Morgan fingerprint density at radius 1 is 0.652 bits per heavy atom. The number of hydrogen-bond donors (Lipinski definition) is 0. The topological polar surface area (TPSA) is 34.1 Å². The molecule has 0 aliphatic carbocycles. The molecule has 0 aliphatic rings. The average Bonchev–Trinajstić information content (AvgIpc) is 2.46. The van der Waals surface area contributed by atoms with Gasteiger partial charge in [-0.3, -0.25) is 0 Å². The second-order valence-electron chi connectivity index (χ2n) is 5.05. The van der Waals surface area contributed by atoms with E-state index in [1.54, 1.807) is 36.4 Å². The third kappa shape index (κ3) is 5.27. The molecule has 2 rings (SSSR count). The molecule has 2 nitrogen and oxygen atoms in total. The second kappa shape index (κ2) is 8.09. The lowest BCUT2D eigenvalue weighted by molar-refractivity contribution is 0.594. The van der Waals surface area contributed by atoms with Gasteiger partial charge >= 0.3 is 0 Å². The fourth-order valence-electron chi connectivity index (χ4n) is 2.16. The highest BCUT2D eigenvalue weighted by Crippen LogP contribution is 2.26. The van der Waals surface area contributed by atoms with Crippen molar-refractivity contribution in [1.29, 1.82) is 0 Å². The SMILES string of the molecule is O=S(=O)(CCc1c(Cl)cccc1Cl)CCc1c(Cl)cccc1Cl. The summed E-state index contributed by atoms with van der Waals surface area (Å²) in [6.07, 6.45) is 0.550. The molecule has 0 atom stereocenters. The molecule has 0 N–H and O–H groups in total. The zero-order valence-electron chi connectivity index (χ0n) is 12.0. The van der Waals surface area contributed by atoms with Crippen LogP contribution in [0.2, 0.25) is 20.1 Å². The molecule has 0 aliphatic heterocycles. The molecule has 2 aromatic rings. The van der Waals surface area contributed by atoms with E-state index in [-0.39, 0.29) is 24.3 Å². The molecule has 0 saturated carbocycles. The van der Waals surface area contributed by atoms with Crippen LogP contribution in [0.1, 0.15) is 11.1 Å². The highest BCUT2D eigenvalue weighted by Gasteiger charge is 2.16. The van der Waals surface area contributed by atoms with Gasteiger partial charge in [0.1, 0.15) is 0 Å². The third-order valence-electron chi connectivity index (χ3n) is 3.45. The van der Waals surface area contributed by atoms with Crippen LogP contribution in [0.25, 0.3) is 0 Å². The summed E-state index contributed by atoms with van der Waals surface area (Å²) >= 11 is 24.2. The zero-order chi connectivity index (χ0) is 17.0. The number of rotatable bonds is 6. The van der Waals surface area contributed by atoms with Gasteiger partial charge in [-0.2, -0.15) is 0 Å². The molecule has 0 fully saturated rings. The van der Waals surface area contributed by atoms with Crippen molar-refractivity contribution in [3.63, 3.8) is 0 Å². The molecule has 23 heavy (non-hydrogen) atoms. The Kier molecular flexibility index (Phi) is 6.64. The minimum Gasteiger partial charge on any atom is -0.229 e. The van der Waals surface area contributed by atoms with Crippen molar-refractivity contribution in [1.82, 2.24) is 0 Å². The molecule has 0 saturated heterocycles. The van der Waals surface area contributed by atoms with Gasteiger partial charge in [-0.05, 0) is 48.2 Å². The highest BCUT2D eigenvalue weighted by molar-refractivity contribution is 7.91. The van der Waals surface area contributed by atoms with Gasteiger partial charge in [-0.15, -0.1) is 0 Å². The van der Waals surface area contributed by atoms with E-state index in [0.717, 1.165) is 0 Å². The maximum Gasteiger partial charge on any atom is 0.150 e. The van der Waals surface area contributed by atoms with E-state index in [2.05, 4.69) is 0 Å². The number of hydrogen-bond acceptors (Lipinski definition) is 2. The van der Waals surface area contributed by atoms with Crippen molar-refractivity contribution in [2.24, 2.45) is 0 Å². The summed E-state index contributed by atoms with van der Waals surface area (Å²) in [5.74, 6) is -0.0585. The molecule has 2 aromatic carbocycles. The van der Waals surface area contributed by atoms with Crippen LogP contribution in [-0.4, -0.2) is 19.9 Å². The minimum absolute atomic E-state index is 0.0292. The van der Waals surface area contributed by atoms with Crippen LogP contribution in [0.15, 0.2) is 36.4 Å². The van der Waals surface area contributed by atoms with Crippen molar-refractivity contribution >= 4 is 56.2 Å². The highest BCUT2D eigenvalue weighted by atomic mass is 35.5. The number of benzene rings is 2. The summed E-state index contributed by atoms with van der Waals surface area (Å²) in [4.78, 5) is 0. The first-order valence-corrected chi connectivity index (χ1v) is 10.2. The van der Waals surface area contributed by atoms with Crippen LogP contribution in [0.3, 0.4) is 0 Å². The Hall–Kier alpha value is -0.450. The Bertz CT molecular complexity index is 702. The van der Waals surface area contributed by atoms with Gasteiger partial charge in [0.15, 0.2) is 9.84 Å². The van der Waals surface area contributed by atoms with E-state index in [4.69, 9.17) is 46.4 Å². The van der Waals surface area contributed by atoms with Crippen molar-refractivity contribution in [2.45, 2.75) is 12.8 Å². The molecule has 0 aromatic heterocycles. The van der Waals surface area contributed by atoms with E-state index < -0.39 is 9.84 Å². The van der Waals surface area contributed by atoms with Gasteiger partial charge in [-0.1, -0.05) is 58.5 Å². The molecule has 7 heteroatoms. The Labute approximate surface area is 156 Å². The van der Waals surface area contributed by atoms with Crippen LogP contribution >= 0.6 is 46.4 Å². The fraction of sp³-hybridized carbons (Fsp3) is 0.250. The molecule has 0 unspecified atom stereocenters. The second-order valence-corrected chi connectivity index (χ2v) is 8.98. The largest absolute Gasteiger partial charge is 0.229 e. The molecule has 0 heterocycles. The molecule has 0 bridgehead atoms. The first-order valence-electron chi connectivity index (χ1n) is 6.86. The van der Waals surface area contributed by atoms with Crippen molar-refractivity contribution in [3.05, 3.63) is 67.6 Å². The summed E-state index contributed by atoms with van der Waals surface area (Å²) in [7, 11) is -3.28. The van der Waals surface area contributed by atoms with Crippen LogP contribution in [0.5, 0.6) is 0 Å². The smallest absolute Gasteiger partial charge is 0.150 e.